The minimum atomic E-state index is 0.264. The van der Waals surface area contributed by atoms with E-state index in [0.717, 1.165) is 38.9 Å². The molecule has 2 unspecified atom stereocenters. The highest BCUT2D eigenvalue weighted by atomic mass is 16.2. The van der Waals surface area contributed by atoms with Crippen LogP contribution in [0.1, 0.15) is 58.3 Å². The van der Waals surface area contributed by atoms with Crippen molar-refractivity contribution in [3.8, 4) is 0 Å². The zero-order chi connectivity index (χ0) is 14.4. The number of amides is 2. The van der Waals surface area contributed by atoms with Crippen LogP contribution in [0.3, 0.4) is 0 Å². The Labute approximate surface area is 123 Å². The lowest BCUT2D eigenvalue weighted by molar-refractivity contribution is 0.0994. The Morgan fingerprint density at radius 1 is 1.10 bits per heavy atom. The van der Waals surface area contributed by atoms with Crippen molar-refractivity contribution in [1.82, 2.24) is 9.80 Å². The van der Waals surface area contributed by atoms with Crippen molar-refractivity contribution in [3.05, 3.63) is 0 Å². The van der Waals surface area contributed by atoms with Crippen LogP contribution in [0, 0.1) is 5.92 Å². The summed E-state index contributed by atoms with van der Waals surface area (Å²) in [5.41, 5.74) is 5.94. The van der Waals surface area contributed by atoms with Gasteiger partial charge in [0.1, 0.15) is 0 Å². The second-order valence-corrected chi connectivity index (χ2v) is 6.32. The lowest BCUT2D eigenvalue weighted by atomic mass is 9.83. The first-order valence-electron chi connectivity index (χ1n) is 8.53. The van der Waals surface area contributed by atoms with E-state index in [1.807, 2.05) is 0 Å². The van der Waals surface area contributed by atoms with Gasteiger partial charge in [0.15, 0.2) is 0 Å². The molecule has 1 aliphatic carbocycles. The number of carbonyl (C=O) groups excluding carboxylic acids is 1. The number of urea groups is 1. The van der Waals surface area contributed by atoms with E-state index in [2.05, 4.69) is 16.7 Å². The molecule has 1 aliphatic heterocycles. The third-order valence-corrected chi connectivity index (χ3v) is 5.04. The van der Waals surface area contributed by atoms with Crippen LogP contribution in [0.25, 0.3) is 0 Å². The molecule has 116 valence electrons. The number of likely N-dealkylation sites (tertiary alicyclic amines) is 1. The Morgan fingerprint density at radius 2 is 1.75 bits per heavy atom. The van der Waals surface area contributed by atoms with Crippen molar-refractivity contribution < 1.29 is 4.79 Å². The molecular weight excluding hydrogens is 250 g/mol. The van der Waals surface area contributed by atoms with Crippen molar-refractivity contribution in [2.75, 3.05) is 26.2 Å². The van der Waals surface area contributed by atoms with Crippen molar-refractivity contribution in [3.63, 3.8) is 0 Å². The molecule has 2 aliphatic rings. The molecule has 2 fully saturated rings. The van der Waals surface area contributed by atoms with Gasteiger partial charge in [-0.1, -0.05) is 25.7 Å². The Balaban J connectivity index is 2.03. The molecule has 0 radical (unpaired) electrons. The second kappa shape index (κ2) is 7.87. The van der Waals surface area contributed by atoms with Gasteiger partial charge in [-0.2, -0.15) is 0 Å². The van der Waals surface area contributed by atoms with Gasteiger partial charge in [0.2, 0.25) is 0 Å². The number of nitrogens with two attached hydrogens (primary N) is 1. The fourth-order valence-electron chi connectivity index (χ4n) is 3.83. The number of nitrogens with zero attached hydrogens (tertiary/aromatic N) is 2. The third-order valence-electron chi connectivity index (χ3n) is 5.04. The molecule has 2 amide bonds. The van der Waals surface area contributed by atoms with Crippen molar-refractivity contribution in [2.45, 2.75) is 64.3 Å². The van der Waals surface area contributed by atoms with Crippen LogP contribution in [-0.2, 0) is 0 Å². The van der Waals surface area contributed by atoms with Crippen molar-refractivity contribution in [1.29, 1.82) is 0 Å². The van der Waals surface area contributed by atoms with Gasteiger partial charge in [-0.25, -0.2) is 4.79 Å². The first-order chi connectivity index (χ1) is 9.77. The van der Waals surface area contributed by atoms with Crippen LogP contribution in [0.15, 0.2) is 0 Å². The van der Waals surface area contributed by atoms with Crippen molar-refractivity contribution in [2.24, 2.45) is 11.7 Å². The summed E-state index contributed by atoms with van der Waals surface area (Å²) in [5, 5.41) is 0. The van der Waals surface area contributed by atoms with Crippen LogP contribution in [0.4, 0.5) is 4.79 Å². The summed E-state index contributed by atoms with van der Waals surface area (Å²) in [4.78, 5) is 17.0. The minimum absolute atomic E-state index is 0.264. The minimum Gasteiger partial charge on any atom is -0.330 e. The zero-order valence-electron chi connectivity index (χ0n) is 13.0. The molecule has 1 heterocycles. The van der Waals surface area contributed by atoms with Gasteiger partial charge >= 0.3 is 6.03 Å². The van der Waals surface area contributed by atoms with Gasteiger partial charge in [-0.15, -0.1) is 0 Å². The molecular formula is C16H31N3O. The molecule has 4 nitrogen and oxygen atoms in total. The van der Waals surface area contributed by atoms with E-state index >= 15 is 0 Å². The monoisotopic (exact) mass is 281 g/mol. The number of carbonyl (C=O) groups is 1. The Bertz CT molecular complexity index is 300. The largest absolute Gasteiger partial charge is 0.330 e. The highest BCUT2D eigenvalue weighted by molar-refractivity contribution is 5.75. The molecule has 0 aromatic rings. The Kier molecular flexibility index (Phi) is 6.14. The maximum absolute atomic E-state index is 12.9. The molecule has 0 bridgehead atoms. The van der Waals surface area contributed by atoms with E-state index < -0.39 is 0 Å². The summed E-state index contributed by atoms with van der Waals surface area (Å²) < 4.78 is 0. The van der Waals surface area contributed by atoms with E-state index in [-0.39, 0.29) is 6.03 Å². The Morgan fingerprint density at radius 3 is 2.35 bits per heavy atom. The molecule has 1 saturated heterocycles. The van der Waals surface area contributed by atoms with Crippen LogP contribution >= 0.6 is 0 Å². The SMILES string of the molecule is CCN(C(=O)N1CCCCCC1)C1CCCCC1CN. The van der Waals surface area contributed by atoms with Gasteiger partial charge in [0.05, 0.1) is 0 Å². The summed E-state index contributed by atoms with van der Waals surface area (Å²) in [6.07, 6.45) is 9.69. The number of hydrogen-bond acceptors (Lipinski definition) is 2. The van der Waals surface area contributed by atoms with Gasteiger partial charge < -0.3 is 15.5 Å². The van der Waals surface area contributed by atoms with Gasteiger partial charge in [-0.05, 0) is 45.1 Å². The van der Waals surface area contributed by atoms with Gasteiger partial charge in [-0.3, -0.25) is 0 Å². The first kappa shape index (κ1) is 15.6. The molecule has 0 aromatic carbocycles. The lowest BCUT2D eigenvalue weighted by Crippen LogP contribution is -2.52. The normalized spacial score (nSPS) is 28.0. The smallest absolute Gasteiger partial charge is 0.320 e. The summed E-state index contributed by atoms with van der Waals surface area (Å²) in [5.74, 6) is 0.500. The summed E-state index contributed by atoms with van der Waals surface area (Å²) in [6, 6.07) is 0.634. The summed E-state index contributed by atoms with van der Waals surface area (Å²) >= 11 is 0. The third kappa shape index (κ3) is 3.66. The van der Waals surface area contributed by atoms with E-state index in [1.54, 1.807) is 0 Å². The quantitative estimate of drug-likeness (QED) is 0.865. The van der Waals surface area contributed by atoms with Crippen molar-refractivity contribution >= 4 is 6.03 Å². The van der Waals surface area contributed by atoms with E-state index in [0.29, 0.717) is 18.5 Å². The molecule has 4 heteroatoms. The fraction of sp³-hybridized carbons (Fsp3) is 0.938. The maximum atomic E-state index is 12.9. The first-order valence-corrected chi connectivity index (χ1v) is 8.53. The predicted octanol–water partition coefficient (Wildman–Crippen LogP) is 2.82. The van der Waals surface area contributed by atoms with E-state index in [1.165, 1.54) is 32.1 Å². The standard InChI is InChI=1S/C16H31N3O/c1-2-19(15-10-6-5-9-14(15)13-17)16(20)18-11-7-3-4-8-12-18/h14-15H,2-13,17H2,1H3. The highest BCUT2D eigenvalue weighted by Crippen LogP contribution is 2.28. The molecule has 2 rings (SSSR count). The number of rotatable bonds is 3. The molecule has 1 saturated carbocycles. The van der Waals surface area contributed by atoms with Crippen LogP contribution < -0.4 is 5.73 Å². The number of hydrogen-bond donors (Lipinski definition) is 1. The Hall–Kier alpha value is -0.770. The second-order valence-electron chi connectivity index (χ2n) is 6.32. The van der Waals surface area contributed by atoms with E-state index in [4.69, 9.17) is 5.73 Å². The lowest BCUT2D eigenvalue weighted by Gasteiger charge is -2.41. The summed E-state index contributed by atoms with van der Waals surface area (Å²) in [7, 11) is 0. The van der Waals surface area contributed by atoms with Crippen LogP contribution in [0.5, 0.6) is 0 Å². The predicted molar refractivity (Wildman–Crippen MR) is 82.6 cm³/mol. The van der Waals surface area contributed by atoms with Gasteiger partial charge in [0.25, 0.3) is 0 Å². The molecule has 2 atom stereocenters. The highest BCUT2D eigenvalue weighted by Gasteiger charge is 2.33. The zero-order valence-corrected chi connectivity index (χ0v) is 13.0. The fourth-order valence-corrected chi connectivity index (χ4v) is 3.83. The molecule has 20 heavy (non-hydrogen) atoms. The topological polar surface area (TPSA) is 49.6 Å². The summed E-state index contributed by atoms with van der Waals surface area (Å²) in [6.45, 7) is 5.52. The average Bonchev–Trinajstić information content (AvgIpc) is 2.77. The van der Waals surface area contributed by atoms with Gasteiger partial charge in [0, 0.05) is 25.7 Å². The molecule has 0 spiro atoms. The maximum Gasteiger partial charge on any atom is 0.320 e. The average molecular weight is 281 g/mol. The van der Waals surface area contributed by atoms with Crippen LogP contribution in [0.2, 0.25) is 0 Å². The molecule has 0 aromatic heterocycles. The van der Waals surface area contributed by atoms with Crippen LogP contribution in [-0.4, -0.2) is 48.1 Å². The molecule has 2 N–H and O–H groups in total. The van der Waals surface area contributed by atoms with E-state index in [9.17, 15) is 4.79 Å².